The molecule has 5 heteroatoms. The molecule has 1 rings (SSSR count). The zero-order chi connectivity index (χ0) is 15.3. The van der Waals surface area contributed by atoms with E-state index in [1.807, 2.05) is 18.7 Å². The standard InChI is InChI=1S/C15H28N2O3/c1-5-7-15(14(19)20)8-6-9-17(15)10-13(18)16-12(4)11(2)3/h11-12H,5-10H2,1-4H3,(H,16,18)(H,19,20). The number of nitrogens with one attached hydrogen (secondary N) is 1. The quantitative estimate of drug-likeness (QED) is 0.749. The van der Waals surface area contributed by atoms with Crippen molar-refractivity contribution < 1.29 is 14.7 Å². The lowest BCUT2D eigenvalue weighted by atomic mass is 9.90. The van der Waals surface area contributed by atoms with Gasteiger partial charge >= 0.3 is 5.97 Å². The van der Waals surface area contributed by atoms with Crippen molar-refractivity contribution in [2.75, 3.05) is 13.1 Å². The van der Waals surface area contributed by atoms with Gasteiger partial charge in [-0.25, -0.2) is 0 Å². The third-order valence-corrected chi connectivity index (χ3v) is 4.41. The minimum Gasteiger partial charge on any atom is -0.480 e. The van der Waals surface area contributed by atoms with Crippen molar-refractivity contribution in [1.82, 2.24) is 10.2 Å². The molecule has 1 fully saturated rings. The first-order valence-electron chi connectivity index (χ1n) is 7.61. The van der Waals surface area contributed by atoms with E-state index in [0.29, 0.717) is 25.3 Å². The fourth-order valence-corrected chi connectivity index (χ4v) is 2.85. The third kappa shape index (κ3) is 3.72. The summed E-state index contributed by atoms with van der Waals surface area (Å²) in [6.07, 6.45) is 2.91. The number of likely N-dealkylation sites (tertiary alicyclic amines) is 1. The summed E-state index contributed by atoms with van der Waals surface area (Å²) >= 11 is 0. The zero-order valence-electron chi connectivity index (χ0n) is 13.1. The second-order valence-electron chi connectivity index (χ2n) is 6.21. The summed E-state index contributed by atoms with van der Waals surface area (Å²) in [5.41, 5.74) is -0.840. The first kappa shape index (κ1) is 17.0. The Labute approximate surface area is 121 Å². The fraction of sp³-hybridized carbons (Fsp3) is 0.867. The number of amides is 1. The molecule has 20 heavy (non-hydrogen) atoms. The van der Waals surface area contributed by atoms with Crippen LogP contribution in [0.2, 0.25) is 0 Å². The zero-order valence-corrected chi connectivity index (χ0v) is 13.1. The first-order valence-corrected chi connectivity index (χ1v) is 7.61. The van der Waals surface area contributed by atoms with E-state index in [4.69, 9.17) is 0 Å². The Morgan fingerprint density at radius 1 is 1.35 bits per heavy atom. The number of carboxylic acids is 1. The summed E-state index contributed by atoms with van der Waals surface area (Å²) in [4.78, 5) is 25.6. The molecule has 1 aliphatic rings. The molecule has 1 heterocycles. The molecular weight excluding hydrogens is 256 g/mol. The maximum Gasteiger partial charge on any atom is 0.324 e. The number of carbonyl (C=O) groups is 2. The predicted molar refractivity (Wildman–Crippen MR) is 78.5 cm³/mol. The molecule has 2 N–H and O–H groups in total. The van der Waals surface area contributed by atoms with Crippen molar-refractivity contribution in [2.24, 2.45) is 5.92 Å². The summed E-state index contributed by atoms with van der Waals surface area (Å²) in [6.45, 7) is 8.95. The molecule has 0 saturated carbocycles. The van der Waals surface area contributed by atoms with Gasteiger partial charge in [0, 0.05) is 6.04 Å². The molecule has 2 unspecified atom stereocenters. The lowest BCUT2D eigenvalue weighted by molar-refractivity contribution is -0.151. The van der Waals surface area contributed by atoms with Gasteiger partial charge in [-0.3, -0.25) is 14.5 Å². The molecule has 0 aromatic carbocycles. The highest BCUT2D eigenvalue weighted by Crippen LogP contribution is 2.33. The van der Waals surface area contributed by atoms with Crippen LogP contribution >= 0.6 is 0 Å². The van der Waals surface area contributed by atoms with Crippen molar-refractivity contribution in [2.45, 2.75) is 65.0 Å². The smallest absolute Gasteiger partial charge is 0.324 e. The Hall–Kier alpha value is -1.10. The monoisotopic (exact) mass is 284 g/mol. The summed E-state index contributed by atoms with van der Waals surface area (Å²) in [5, 5.41) is 12.5. The largest absolute Gasteiger partial charge is 0.480 e. The van der Waals surface area contributed by atoms with Gasteiger partial charge in [0.1, 0.15) is 5.54 Å². The van der Waals surface area contributed by atoms with Crippen LogP contribution in [0.15, 0.2) is 0 Å². The number of hydrogen-bond acceptors (Lipinski definition) is 3. The van der Waals surface area contributed by atoms with Gasteiger partial charge in [-0.15, -0.1) is 0 Å². The molecule has 0 aromatic rings. The normalized spacial score (nSPS) is 24.9. The van der Waals surface area contributed by atoms with Crippen LogP contribution in [-0.2, 0) is 9.59 Å². The van der Waals surface area contributed by atoms with Crippen LogP contribution in [0.1, 0.15) is 53.4 Å². The van der Waals surface area contributed by atoms with Gasteiger partial charge in [-0.05, 0) is 38.6 Å². The number of hydrogen-bond donors (Lipinski definition) is 2. The van der Waals surface area contributed by atoms with E-state index in [2.05, 4.69) is 19.2 Å². The van der Waals surface area contributed by atoms with Crippen molar-refractivity contribution in [3.63, 3.8) is 0 Å². The number of rotatable bonds is 7. The van der Waals surface area contributed by atoms with Gasteiger partial charge in [0.25, 0.3) is 0 Å². The van der Waals surface area contributed by atoms with E-state index < -0.39 is 11.5 Å². The summed E-state index contributed by atoms with van der Waals surface area (Å²) in [5.74, 6) is -0.492. The minimum absolute atomic E-state index is 0.0742. The molecule has 0 aliphatic carbocycles. The molecule has 0 aromatic heterocycles. The molecule has 5 nitrogen and oxygen atoms in total. The lowest BCUT2D eigenvalue weighted by Crippen LogP contribution is -2.54. The van der Waals surface area contributed by atoms with Gasteiger partial charge in [0.15, 0.2) is 0 Å². The molecular formula is C15H28N2O3. The van der Waals surface area contributed by atoms with Crippen LogP contribution in [0.3, 0.4) is 0 Å². The molecule has 1 aliphatic heterocycles. The van der Waals surface area contributed by atoms with Crippen LogP contribution in [0.5, 0.6) is 0 Å². The molecule has 1 saturated heterocycles. The number of carboxylic acid groups (broad SMARTS) is 1. The SMILES string of the molecule is CCCC1(C(=O)O)CCCN1CC(=O)NC(C)C(C)C. The summed E-state index contributed by atoms with van der Waals surface area (Å²) < 4.78 is 0. The molecule has 0 spiro atoms. The molecule has 0 bridgehead atoms. The van der Waals surface area contributed by atoms with Gasteiger partial charge in [-0.1, -0.05) is 27.2 Å². The maximum absolute atomic E-state index is 12.1. The maximum atomic E-state index is 12.1. The highest BCUT2D eigenvalue weighted by molar-refractivity contribution is 5.82. The van der Waals surface area contributed by atoms with Gasteiger partial charge in [0.05, 0.1) is 6.54 Å². The van der Waals surface area contributed by atoms with Crippen molar-refractivity contribution in [3.05, 3.63) is 0 Å². The van der Waals surface area contributed by atoms with E-state index in [9.17, 15) is 14.7 Å². The average molecular weight is 284 g/mol. The van der Waals surface area contributed by atoms with Crippen molar-refractivity contribution in [3.8, 4) is 0 Å². The summed E-state index contributed by atoms with van der Waals surface area (Å²) in [6, 6.07) is 0.107. The van der Waals surface area contributed by atoms with E-state index >= 15 is 0 Å². The van der Waals surface area contributed by atoms with Crippen LogP contribution in [-0.4, -0.2) is 46.6 Å². The third-order valence-electron chi connectivity index (χ3n) is 4.41. The Kier molecular flexibility index (Phi) is 5.99. The molecule has 0 radical (unpaired) electrons. The van der Waals surface area contributed by atoms with Crippen LogP contribution in [0, 0.1) is 5.92 Å². The van der Waals surface area contributed by atoms with E-state index in [-0.39, 0.29) is 18.5 Å². The highest BCUT2D eigenvalue weighted by Gasteiger charge is 2.47. The van der Waals surface area contributed by atoms with Crippen LogP contribution in [0.25, 0.3) is 0 Å². The highest BCUT2D eigenvalue weighted by atomic mass is 16.4. The second kappa shape index (κ2) is 7.07. The van der Waals surface area contributed by atoms with Crippen LogP contribution < -0.4 is 5.32 Å². The van der Waals surface area contributed by atoms with Gasteiger partial charge in [-0.2, -0.15) is 0 Å². The molecule has 1 amide bonds. The number of nitrogens with zero attached hydrogens (tertiary/aromatic N) is 1. The first-order chi connectivity index (χ1) is 9.33. The molecule has 116 valence electrons. The van der Waals surface area contributed by atoms with E-state index in [1.54, 1.807) is 0 Å². The lowest BCUT2D eigenvalue weighted by Gasteiger charge is -2.34. The average Bonchev–Trinajstić information content (AvgIpc) is 2.73. The minimum atomic E-state index is -0.840. The van der Waals surface area contributed by atoms with E-state index in [1.165, 1.54) is 0 Å². The summed E-state index contributed by atoms with van der Waals surface area (Å²) in [7, 11) is 0. The Bertz CT molecular complexity index is 357. The Morgan fingerprint density at radius 3 is 2.50 bits per heavy atom. The van der Waals surface area contributed by atoms with Gasteiger partial charge in [0.2, 0.25) is 5.91 Å². The molecule has 2 atom stereocenters. The topological polar surface area (TPSA) is 69.6 Å². The van der Waals surface area contributed by atoms with Crippen molar-refractivity contribution in [1.29, 1.82) is 0 Å². The van der Waals surface area contributed by atoms with Crippen molar-refractivity contribution >= 4 is 11.9 Å². The van der Waals surface area contributed by atoms with Crippen LogP contribution in [0.4, 0.5) is 0 Å². The number of carbonyl (C=O) groups excluding carboxylic acids is 1. The predicted octanol–water partition coefficient (Wildman–Crippen LogP) is 1.87. The fourth-order valence-electron chi connectivity index (χ4n) is 2.85. The Morgan fingerprint density at radius 2 is 2.00 bits per heavy atom. The number of aliphatic carboxylic acids is 1. The van der Waals surface area contributed by atoms with Gasteiger partial charge < -0.3 is 10.4 Å². The second-order valence-corrected chi connectivity index (χ2v) is 6.21. The van der Waals surface area contributed by atoms with E-state index in [0.717, 1.165) is 12.8 Å². The Balaban J connectivity index is 2.69.